The van der Waals surface area contributed by atoms with Crippen LogP contribution in [0.25, 0.3) is 0 Å². The molecular formula is C12H10ClNO3. The Morgan fingerprint density at radius 2 is 2.18 bits per heavy atom. The predicted molar refractivity (Wildman–Crippen MR) is 64.0 cm³/mol. The van der Waals surface area contributed by atoms with Crippen LogP contribution in [0.4, 0.5) is 0 Å². The van der Waals surface area contributed by atoms with E-state index < -0.39 is 5.97 Å². The van der Waals surface area contributed by atoms with E-state index >= 15 is 0 Å². The second-order valence-corrected chi connectivity index (χ2v) is 3.64. The van der Waals surface area contributed by atoms with E-state index in [-0.39, 0.29) is 18.0 Å². The molecule has 0 fully saturated rings. The maximum absolute atomic E-state index is 10.9. The summed E-state index contributed by atoms with van der Waals surface area (Å²) in [7, 11) is 0. The first kappa shape index (κ1) is 13.1. The van der Waals surface area contributed by atoms with E-state index in [0.717, 1.165) is 0 Å². The van der Waals surface area contributed by atoms with Gasteiger partial charge in [0.1, 0.15) is 0 Å². The van der Waals surface area contributed by atoms with Crippen molar-refractivity contribution >= 4 is 23.5 Å². The van der Waals surface area contributed by atoms with Gasteiger partial charge in [-0.3, -0.25) is 4.79 Å². The summed E-state index contributed by atoms with van der Waals surface area (Å²) in [6.07, 6.45) is 0. The first-order valence-electron chi connectivity index (χ1n) is 4.77. The number of carboxylic acid groups (broad SMARTS) is 1. The third-order valence-corrected chi connectivity index (χ3v) is 2.10. The normalized spacial score (nSPS) is 9.06. The fourth-order valence-corrected chi connectivity index (χ4v) is 1.29. The van der Waals surface area contributed by atoms with Crippen LogP contribution in [0.1, 0.15) is 22.8 Å². The summed E-state index contributed by atoms with van der Waals surface area (Å²) >= 11 is 5.75. The van der Waals surface area contributed by atoms with E-state index in [4.69, 9.17) is 16.7 Å². The molecule has 1 aromatic rings. The molecule has 17 heavy (non-hydrogen) atoms. The van der Waals surface area contributed by atoms with Crippen molar-refractivity contribution in [2.45, 2.75) is 6.92 Å². The van der Waals surface area contributed by atoms with Crippen LogP contribution < -0.4 is 5.32 Å². The second-order valence-electron chi connectivity index (χ2n) is 3.21. The molecule has 1 amide bonds. The Morgan fingerprint density at radius 1 is 1.47 bits per heavy atom. The highest BCUT2D eigenvalue weighted by molar-refractivity contribution is 6.30. The van der Waals surface area contributed by atoms with Crippen molar-refractivity contribution in [3.8, 4) is 11.8 Å². The molecule has 0 aliphatic carbocycles. The minimum Gasteiger partial charge on any atom is -0.478 e. The van der Waals surface area contributed by atoms with Crippen molar-refractivity contribution in [1.29, 1.82) is 0 Å². The number of aromatic carboxylic acids is 1. The Bertz CT molecular complexity index is 514. The highest BCUT2D eigenvalue weighted by atomic mass is 35.5. The van der Waals surface area contributed by atoms with Crippen LogP contribution in [0.15, 0.2) is 18.2 Å². The van der Waals surface area contributed by atoms with Crippen molar-refractivity contribution in [3.05, 3.63) is 34.3 Å². The van der Waals surface area contributed by atoms with Gasteiger partial charge in [0, 0.05) is 17.5 Å². The molecule has 0 aromatic heterocycles. The van der Waals surface area contributed by atoms with Crippen LogP contribution in [0, 0.1) is 11.8 Å². The molecule has 0 spiro atoms. The van der Waals surface area contributed by atoms with Crippen LogP contribution in [-0.2, 0) is 4.79 Å². The molecule has 0 saturated heterocycles. The zero-order valence-corrected chi connectivity index (χ0v) is 9.84. The fourth-order valence-electron chi connectivity index (χ4n) is 1.11. The predicted octanol–water partition coefficient (Wildman–Crippen LogP) is 1.53. The monoisotopic (exact) mass is 251 g/mol. The number of amides is 1. The largest absolute Gasteiger partial charge is 0.478 e. The molecule has 0 heterocycles. The van der Waals surface area contributed by atoms with Gasteiger partial charge in [0.15, 0.2) is 0 Å². The SMILES string of the molecule is CC(=O)NCC#Cc1cc(Cl)ccc1C(=O)O. The third-order valence-electron chi connectivity index (χ3n) is 1.86. The van der Waals surface area contributed by atoms with E-state index in [1.54, 1.807) is 0 Å². The van der Waals surface area contributed by atoms with Crippen LogP contribution in [0.2, 0.25) is 5.02 Å². The number of carboxylic acids is 1. The minimum absolute atomic E-state index is 0.0877. The number of rotatable bonds is 2. The zero-order chi connectivity index (χ0) is 12.8. The molecule has 0 saturated carbocycles. The standard InChI is InChI=1S/C12H10ClNO3/c1-8(15)14-6-2-3-9-7-10(13)4-5-11(9)12(16)17/h4-5,7H,6H2,1H3,(H,14,15)(H,16,17). The number of carbonyl (C=O) groups is 2. The third kappa shape index (κ3) is 4.17. The van der Waals surface area contributed by atoms with Gasteiger partial charge in [-0.15, -0.1) is 0 Å². The van der Waals surface area contributed by atoms with Gasteiger partial charge in [0.25, 0.3) is 0 Å². The molecular weight excluding hydrogens is 242 g/mol. The van der Waals surface area contributed by atoms with E-state index in [2.05, 4.69) is 17.2 Å². The maximum Gasteiger partial charge on any atom is 0.336 e. The number of nitrogens with one attached hydrogen (secondary N) is 1. The van der Waals surface area contributed by atoms with E-state index in [9.17, 15) is 9.59 Å². The van der Waals surface area contributed by atoms with Gasteiger partial charge < -0.3 is 10.4 Å². The van der Waals surface area contributed by atoms with Crippen molar-refractivity contribution < 1.29 is 14.7 Å². The Labute approximate surface area is 104 Å². The summed E-state index contributed by atoms with van der Waals surface area (Å²) in [6.45, 7) is 1.55. The summed E-state index contributed by atoms with van der Waals surface area (Å²) in [6, 6.07) is 4.36. The van der Waals surface area contributed by atoms with Gasteiger partial charge in [-0.2, -0.15) is 0 Å². The van der Waals surface area contributed by atoms with Gasteiger partial charge >= 0.3 is 5.97 Å². The molecule has 0 unspecified atom stereocenters. The average Bonchev–Trinajstić information content (AvgIpc) is 2.23. The highest BCUT2D eigenvalue weighted by Gasteiger charge is 2.08. The molecule has 1 rings (SSSR count). The minimum atomic E-state index is -1.06. The molecule has 4 nitrogen and oxygen atoms in total. The van der Waals surface area contributed by atoms with Crippen molar-refractivity contribution in [1.82, 2.24) is 5.32 Å². The number of hydrogen-bond donors (Lipinski definition) is 2. The van der Waals surface area contributed by atoms with Gasteiger partial charge in [0.2, 0.25) is 5.91 Å². The fraction of sp³-hybridized carbons (Fsp3) is 0.167. The lowest BCUT2D eigenvalue weighted by Crippen LogP contribution is -2.19. The first-order chi connectivity index (χ1) is 8.00. The van der Waals surface area contributed by atoms with Crippen LogP contribution in [-0.4, -0.2) is 23.5 Å². The zero-order valence-electron chi connectivity index (χ0n) is 9.08. The Balaban J connectivity index is 2.92. The molecule has 0 aliphatic rings. The van der Waals surface area contributed by atoms with Gasteiger partial charge in [0.05, 0.1) is 12.1 Å². The summed E-state index contributed by atoms with van der Waals surface area (Å²) in [4.78, 5) is 21.5. The maximum atomic E-state index is 10.9. The van der Waals surface area contributed by atoms with Gasteiger partial charge in [-0.05, 0) is 18.2 Å². The summed E-state index contributed by atoms with van der Waals surface area (Å²) in [5.74, 6) is 4.06. The van der Waals surface area contributed by atoms with Crippen LogP contribution in [0.5, 0.6) is 0 Å². The van der Waals surface area contributed by atoms with Crippen LogP contribution >= 0.6 is 11.6 Å². The molecule has 5 heteroatoms. The smallest absolute Gasteiger partial charge is 0.336 e. The first-order valence-corrected chi connectivity index (χ1v) is 5.14. The number of carbonyl (C=O) groups excluding carboxylic acids is 1. The summed E-state index contributed by atoms with van der Waals surface area (Å²) in [5.41, 5.74) is 0.417. The van der Waals surface area contributed by atoms with E-state index in [0.29, 0.717) is 10.6 Å². The number of hydrogen-bond acceptors (Lipinski definition) is 2. The van der Waals surface area contributed by atoms with E-state index in [1.165, 1.54) is 25.1 Å². The van der Waals surface area contributed by atoms with Gasteiger partial charge in [-0.25, -0.2) is 4.79 Å². The molecule has 88 valence electrons. The summed E-state index contributed by atoms with van der Waals surface area (Å²) < 4.78 is 0. The lowest BCUT2D eigenvalue weighted by Gasteiger charge is -1.99. The van der Waals surface area contributed by atoms with Crippen molar-refractivity contribution in [3.63, 3.8) is 0 Å². The number of halogens is 1. The lowest BCUT2D eigenvalue weighted by molar-refractivity contribution is -0.118. The molecule has 0 aliphatic heterocycles. The van der Waals surface area contributed by atoms with Gasteiger partial charge in [-0.1, -0.05) is 23.4 Å². The number of benzene rings is 1. The molecule has 1 aromatic carbocycles. The molecule has 2 N–H and O–H groups in total. The molecule has 0 radical (unpaired) electrons. The van der Waals surface area contributed by atoms with Crippen LogP contribution in [0.3, 0.4) is 0 Å². The summed E-state index contributed by atoms with van der Waals surface area (Å²) in [5, 5.41) is 11.8. The Kier molecular flexibility index (Phi) is 4.56. The lowest BCUT2D eigenvalue weighted by atomic mass is 10.1. The highest BCUT2D eigenvalue weighted by Crippen LogP contribution is 2.15. The van der Waals surface area contributed by atoms with Crippen molar-refractivity contribution in [2.75, 3.05) is 6.54 Å². The Morgan fingerprint density at radius 3 is 2.76 bits per heavy atom. The molecule has 0 bridgehead atoms. The average molecular weight is 252 g/mol. The molecule has 0 atom stereocenters. The van der Waals surface area contributed by atoms with Crippen molar-refractivity contribution in [2.24, 2.45) is 0 Å². The Hall–Kier alpha value is -1.99. The quantitative estimate of drug-likeness (QED) is 0.784. The topological polar surface area (TPSA) is 66.4 Å². The second kappa shape index (κ2) is 5.92. The van der Waals surface area contributed by atoms with E-state index in [1.807, 2.05) is 0 Å².